The Morgan fingerprint density at radius 1 is 1.13 bits per heavy atom. The maximum Gasteiger partial charge on any atom is 0.256 e. The average molecular weight is 422 g/mol. The number of nitrogens with one attached hydrogen (secondary N) is 1. The summed E-state index contributed by atoms with van der Waals surface area (Å²) in [6.45, 7) is 13.8. The highest BCUT2D eigenvalue weighted by Gasteiger charge is 2.25. The predicted molar refractivity (Wildman–Crippen MR) is 125 cm³/mol. The fourth-order valence-corrected chi connectivity index (χ4v) is 3.40. The van der Waals surface area contributed by atoms with Gasteiger partial charge in [0.05, 0.1) is 22.2 Å². The normalized spacial score (nSPS) is 11.8. The van der Waals surface area contributed by atoms with E-state index in [2.05, 4.69) is 39.9 Å². The molecule has 0 radical (unpaired) electrons. The van der Waals surface area contributed by atoms with E-state index in [-0.39, 0.29) is 23.3 Å². The molecule has 0 fully saturated rings. The van der Waals surface area contributed by atoms with E-state index >= 15 is 0 Å². The standard InChI is InChI=1S/C24H31N5O2/c1-14(2)20-13-19(21-15(3)27-29(22(21)26-20)24(5,6)7)23(31)25-17-9-11-18(12-10-17)28(8)16(4)30/h9-14H,1-8H3,(H,25,31). The van der Waals surface area contributed by atoms with Crippen LogP contribution in [0.15, 0.2) is 30.3 Å². The maximum absolute atomic E-state index is 13.3. The highest BCUT2D eigenvalue weighted by molar-refractivity contribution is 6.12. The molecule has 31 heavy (non-hydrogen) atoms. The Bertz CT molecular complexity index is 1140. The van der Waals surface area contributed by atoms with Crippen LogP contribution < -0.4 is 10.2 Å². The lowest BCUT2D eigenvalue weighted by atomic mass is 10.0. The van der Waals surface area contributed by atoms with Crippen LogP contribution in [0, 0.1) is 6.92 Å². The molecular formula is C24H31N5O2. The molecule has 2 aromatic heterocycles. The number of rotatable bonds is 4. The number of carbonyl (C=O) groups excluding carboxylic acids is 2. The van der Waals surface area contributed by atoms with Crippen molar-refractivity contribution < 1.29 is 9.59 Å². The molecule has 0 aliphatic heterocycles. The lowest BCUT2D eigenvalue weighted by Gasteiger charge is -2.20. The molecule has 0 bridgehead atoms. The van der Waals surface area contributed by atoms with Gasteiger partial charge in [0.25, 0.3) is 5.91 Å². The van der Waals surface area contributed by atoms with Gasteiger partial charge in [-0.1, -0.05) is 13.8 Å². The number of benzene rings is 1. The largest absolute Gasteiger partial charge is 0.322 e. The van der Waals surface area contributed by atoms with Crippen LogP contribution in [0.25, 0.3) is 11.0 Å². The number of aromatic nitrogens is 3. The van der Waals surface area contributed by atoms with Gasteiger partial charge in [0.2, 0.25) is 5.91 Å². The zero-order valence-corrected chi connectivity index (χ0v) is 19.6. The Hall–Kier alpha value is -3.22. The van der Waals surface area contributed by atoms with Gasteiger partial charge >= 0.3 is 0 Å². The highest BCUT2D eigenvalue weighted by Crippen LogP contribution is 2.29. The van der Waals surface area contributed by atoms with Gasteiger partial charge < -0.3 is 10.2 Å². The Labute approximate surface area is 183 Å². The number of hydrogen-bond acceptors (Lipinski definition) is 4. The second-order valence-corrected chi connectivity index (χ2v) is 9.20. The van der Waals surface area contributed by atoms with Crippen molar-refractivity contribution in [1.29, 1.82) is 0 Å². The minimum absolute atomic E-state index is 0.0523. The molecule has 0 saturated heterocycles. The number of pyridine rings is 1. The first kappa shape index (κ1) is 22.5. The third-order valence-corrected chi connectivity index (χ3v) is 5.29. The van der Waals surface area contributed by atoms with E-state index in [0.29, 0.717) is 11.3 Å². The van der Waals surface area contributed by atoms with Crippen molar-refractivity contribution in [1.82, 2.24) is 14.8 Å². The first-order chi connectivity index (χ1) is 14.4. The lowest BCUT2D eigenvalue weighted by Crippen LogP contribution is -2.24. The van der Waals surface area contributed by atoms with Crippen molar-refractivity contribution in [2.24, 2.45) is 0 Å². The average Bonchev–Trinajstić information content (AvgIpc) is 3.04. The molecule has 0 atom stereocenters. The van der Waals surface area contributed by atoms with E-state index in [1.807, 2.05) is 29.8 Å². The molecule has 1 aromatic carbocycles. The molecule has 0 aliphatic carbocycles. The summed E-state index contributed by atoms with van der Waals surface area (Å²) < 4.78 is 1.90. The lowest BCUT2D eigenvalue weighted by molar-refractivity contribution is -0.116. The Morgan fingerprint density at radius 2 is 1.74 bits per heavy atom. The second-order valence-electron chi connectivity index (χ2n) is 9.20. The third kappa shape index (κ3) is 4.45. The van der Waals surface area contributed by atoms with Crippen molar-refractivity contribution in [3.05, 3.63) is 47.3 Å². The van der Waals surface area contributed by atoms with E-state index in [4.69, 9.17) is 10.1 Å². The van der Waals surface area contributed by atoms with E-state index < -0.39 is 0 Å². The molecule has 7 nitrogen and oxygen atoms in total. The SMILES string of the molecule is CC(=O)N(C)c1ccc(NC(=O)c2cc(C(C)C)nc3c2c(C)nn3C(C)(C)C)cc1. The molecular weight excluding hydrogens is 390 g/mol. The van der Waals surface area contributed by atoms with Gasteiger partial charge in [-0.3, -0.25) is 9.59 Å². The monoisotopic (exact) mass is 421 g/mol. The number of anilines is 2. The Balaban J connectivity index is 2.04. The van der Waals surface area contributed by atoms with Crippen LogP contribution in [-0.2, 0) is 10.3 Å². The Morgan fingerprint density at radius 3 is 2.26 bits per heavy atom. The van der Waals surface area contributed by atoms with Gasteiger partial charge in [0.15, 0.2) is 5.65 Å². The van der Waals surface area contributed by atoms with Crippen LogP contribution in [-0.4, -0.2) is 33.6 Å². The summed E-state index contributed by atoms with van der Waals surface area (Å²) in [6, 6.07) is 9.06. The van der Waals surface area contributed by atoms with Crippen molar-refractivity contribution >= 4 is 34.2 Å². The molecule has 3 rings (SSSR count). The summed E-state index contributed by atoms with van der Waals surface area (Å²) in [7, 11) is 1.72. The smallest absolute Gasteiger partial charge is 0.256 e. The van der Waals surface area contributed by atoms with Crippen LogP contribution in [0.4, 0.5) is 11.4 Å². The summed E-state index contributed by atoms with van der Waals surface area (Å²) in [5.74, 6) is -0.0944. The van der Waals surface area contributed by atoms with Crippen molar-refractivity contribution in [2.45, 2.75) is 59.9 Å². The molecule has 0 unspecified atom stereocenters. The number of aryl methyl sites for hydroxylation is 1. The van der Waals surface area contributed by atoms with Crippen molar-refractivity contribution in [3.8, 4) is 0 Å². The minimum atomic E-state index is -0.262. The number of fused-ring (bicyclic) bond motifs is 1. The number of nitrogens with zero attached hydrogens (tertiary/aromatic N) is 4. The van der Waals surface area contributed by atoms with Gasteiger partial charge in [0.1, 0.15) is 0 Å². The zero-order valence-electron chi connectivity index (χ0n) is 19.6. The zero-order chi connectivity index (χ0) is 23.1. The van der Waals surface area contributed by atoms with Gasteiger partial charge in [-0.15, -0.1) is 0 Å². The van der Waals surface area contributed by atoms with Gasteiger partial charge in [0, 0.05) is 31.0 Å². The number of hydrogen-bond donors (Lipinski definition) is 1. The van der Waals surface area contributed by atoms with E-state index in [0.717, 1.165) is 28.1 Å². The molecule has 3 aromatic rings. The number of amides is 2. The Kier molecular flexibility index (Phi) is 5.89. The summed E-state index contributed by atoms with van der Waals surface area (Å²) >= 11 is 0. The topological polar surface area (TPSA) is 80.1 Å². The first-order valence-electron chi connectivity index (χ1n) is 10.5. The van der Waals surface area contributed by atoms with Gasteiger partial charge in [-0.2, -0.15) is 5.10 Å². The summed E-state index contributed by atoms with van der Waals surface area (Å²) in [5.41, 5.74) is 4.06. The minimum Gasteiger partial charge on any atom is -0.322 e. The highest BCUT2D eigenvalue weighted by atomic mass is 16.2. The quantitative estimate of drug-likeness (QED) is 0.653. The summed E-state index contributed by atoms with van der Waals surface area (Å²) in [6.07, 6.45) is 0. The van der Waals surface area contributed by atoms with E-state index in [1.165, 1.54) is 6.92 Å². The first-order valence-corrected chi connectivity index (χ1v) is 10.5. The summed E-state index contributed by atoms with van der Waals surface area (Å²) in [4.78, 5) is 31.2. The van der Waals surface area contributed by atoms with Crippen LogP contribution in [0.5, 0.6) is 0 Å². The number of carbonyl (C=O) groups is 2. The molecule has 2 heterocycles. The van der Waals surface area contributed by atoms with Crippen LogP contribution in [0.3, 0.4) is 0 Å². The van der Waals surface area contributed by atoms with E-state index in [1.54, 1.807) is 24.1 Å². The maximum atomic E-state index is 13.3. The van der Waals surface area contributed by atoms with Crippen LogP contribution >= 0.6 is 0 Å². The van der Waals surface area contributed by atoms with Crippen LogP contribution in [0.2, 0.25) is 0 Å². The molecule has 7 heteroatoms. The molecule has 0 spiro atoms. The van der Waals surface area contributed by atoms with E-state index in [9.17, 15) is 9.59 Å². The van der Waals surface area contributed by atoms with Gasteiger partial charge in [-0.05, 0) is 63.9 Å². The fourth-order valence-electron chi connectivity index (χ4n) is 3.40. The molecule has 0 saturated carbocycles. The predicted octanol–water partition coefficient (Wildman–Crippen LogP) is 4.85. The van der Waals surface area contributed by atoms with Crippen molar-refractivity contribution in [3.63, 3.8) is 0 Å². The van der Waals surface area contributed by atoms with Gasteiger partial charge in [-0.25, -0.2) is 9.67 Å². The molecule has 2 amide bonds. The third-order valence-electron chi connectivity index (χ3n) is 5.29. The molecule has 1 N–H and O–H groups in total. The molecule has 164 valence electrons. The fraction of sp³-hybridized carbons (Fsp3) is 0.417. The second kappa shape index (κ2) is 8.13. The van der Waals surface area contributed by atoms with Crippen molar-refractivity contribution in [2.75, 3.05) is 17.3 Å². The summed E-state index contributed by atoms with van der Waals surface area (Å²) in [5, 5.41) is 8.44. The molecule has 0 aliphatic rings. The van der Waals surface area contributed by atoms with Crippen LogP contribution in [0.1, 0.15) is 69.2 Å².